The van der Waals surface area contributed by atoms with E-state index in [1.54, 1.807) is 38.9 Å². The van der Waals surface area contributed by atoms with Crippen LogP contribution in [0.15, 0.2) is 55.0 Å². The summed E-state index contributed by atoms with van der Waals surface area (Å²) in [6, 6.07) is 10.0. The molecule has 0 spiro atoms. The zero-order valence-corrected chi connectivity index (χ0v) is 17.9. The summed E-state index contributed by atoms with van der Waals surface area (Å²) in [6.07, 6.45) is 7.79. The van der Waals surface area contributed by atoms with Gasteiger partial charge in [-0.3, -0.25) is 14.2 Å². The van der Waals surface area contributed by atoms with E-state index in [1.807, 2.05) is 25.2 Å². The van der Waals surface area contributed by atoms with Crippen LogP contribution in [0, 0.1) is 17.3 Å². The van der Waals surface area contributed by atoms with Gasteiger partial charge in [-0.25, -0.2) is 4.39 Å². The third-order valence-corrected chi connectivity index (χ3v) is 6.04. The minimum Gasteiger partial charge on any atom is -0.347 e. The number of nitrogens with zero attached hydrogens (tertiary/aromatic N) is 7. The van der Waals surface area contributed by atoms with Crippen LogP contribution in [0.5, 0.6) is 0 Å². The van der Waals surface area contributed by atoms with Gasteiger partial charge in [0.15, 0.2) is 6.19 Å². The van der Waals surface area contributed by atoms with Crippen molar-refractivity contribution in [3.8, 4) is 17.3 Å². The number of rotatable bonds is 5. The van der Waals surface area contributed by atoms with Crippen LogP contribution in [0.1, 0.15) is 16.8 Å². The Morgan fingerprint density at radius 3 is 2.85 bits per heavy atom. The first-order valence-electron chi connectivity index (χ1n) is 10.5. The van der Waals surface area contributed by atoms with Crippen LogP contribution in [0.3, 0.4) is 0 Å². The predicted octanol–water partition coefficient (Wildman–Crippen LogP) is 2.32. The molecule has 0 unspecified atom stereocenters. The van der Waals surface area contributed by atoms with Crippen molar-refractivity contribution in [3.63, 3.8) is 0 Å². The first kappa shape index (κ1) is 20.6. The number of nitrogens with one attached hydrogen (secondary N) is 1. The maximum atomic E-state index is 14.9. The molecule has 0 radical (unpaired) electrons. The Balaban J connectivity index is 1.29. The molecule has 4 aromatic rings. The molecule has 2 aromatic carbocycles. The van der Waals surface area contributed by atoms with Crippen LogP contribution < -0.4 is 5.32 Å². The number of carbonyl (C=O) groups is 1. The van der Waals surface area contributed by atoms with Gasteiger partial charge < -0.3 is 10.2 Å². The zero-order valence-electron chi connectivity index (χ0n) is 17.9. The van der Waals surface area contributed by atoms with Gasteiger partial charge in [0.1, 0.15) is 5.82 Å². The number of hydrogen-bond donors (Lipinski definition) is 1. The molecule has 1 amide bonds. The van der Waals surface area contributed by atoms with E-state index in [4.69, 9.17) is 0 Å². The molecular weight excluding hydrogens is 423 g/mol. The highest BCUT2D eigenvalue weighted by Crippen LogP contribution is 2.26. The molecule has 2 aromatic heterocycles. The number of amides is 1. The van der Waals surface area contributed by atoms with Crippen LogP contribution in [-0.4, -0.2) is 54.2 Å². The average Bonchev–Trinajstić information content (AvgIpc) is 3.55. The Labute approximate surface area is 189 Å². The van der Waals surface area contributed by atoms with Crippen LogP contribution in [0.25, 0.3) is 22.0 Å². The molecule has 1 fully saturated rings. The lowest BCUT2D eigenvalue weighted by atomic mass is 10.0. The molecule has 2 atom stereocenters. The van der Waals surface area contributed by atoms with Crippen molar-refractivity contribution in [1.29, 1.82) is 5.26 Å². The van der Waals surface area contributed by atoms with Crippen molar-refractivity contribution in [3.05, 3.63) is 66.4 Å². The number of aromatic nitrogens is 5. The summed E-state index contributed by atoms with van der Waals surface area (Å²) in [5.74, 6) is -1.09. The van der Waals surface area contributed by atoms with Gasteiger partial charge in [-0.05, 0) is 41.8 Å². The van der Waals surface area contributed by atoms with Gasteiger partial charge in [0.2, 0.25) is 0 Å². The van der Waals surface area contributed by atoms with Crippen molar-refractivity contribution >= 4 is 16.8 Å². The van der Waals surface area contributed by atoms with E-state index in [0.717, 1.165) is 16.5 Å². The minimum atomic E-state index is -0.592. The fourth-order valence-electron chi connectivity index (χ4n) is 4.35. The van der Waals surface area contributed by atoms with Crippen molar-refractivity contribution < 1.29 is 9.18 Å². The van der Waals surface area contributed by atoms with E-state index in [0.29, 0.717) is 25.1 Å². The van der Waals surface area contributed by atoms with Crippen molar-refractivity contribution in [2.75, 3.05) is 6.54 Å². The largest absolute Gasteiger partial charge is 0.347 e. The number of aryl methyl sites for hydroxylation is 1. The molecule has 9 nitrogen and oxygen atoms in total. The molecule has 0 bridgehead atoms. The smallest absolute Gasteiger partial charge is 0.254 e. The van der Waals surface area contributed by atoms with E-state index in [1.165, 1.54) is 12.1 Å². The van der Waals surface area contributed by atoms with E-state index in [2.05, 4.69) is 26.9 Å². The van der Waals surface area contributed by atoms with Gasteiger partial charge >= 0.3 is 0 Å². The molecule has 33 heavy (non-hydrogen) atoms. The molecule has 166 valence electrons. The second-order valence-corrected chi connectivity index (χ2v) is 8.17. The number of halogens is 1. The number of carbonyl (C=O) groups excluding carboxylic acids is 1. The average molecular weight is 444 g/mol. The van der Waals surface area contributed by atoms with Gasteiger partial charge in [0.25, 0.3) is 5.91 Å². The molecular formula is C23H21FN8O. The normalized spacial score (nSPS) is 17.9. The summed E-state index contributed by atoms with van der Waals surface area (Å²) in [6.45, 7) is 0.858. The van der Waals surface area contributed by atoms with Crippen molar-refractivity contribution in [1.82, 2.24) is 35.0 Å². The molecule has 1 saturated heterocycles. The standard InChI is InChI=1S/C23H21FN8O/c1-30-22-5-3-15(8-17(22)11-27-30)16-2-4-20(21(24)9-16)23(33)28-18-10-19(31(12-18)14-25)13-32-7-6-26-29-32/h2-9,11,18-19H,10,12-13H2,1H3,(H,28,33)/t18-,19+/m1/s1. The van der Waals surface area contributed by atoms with Crippen LogP contribution in [0.2, 0.25) is 0 Å². The monoisotopic (exact) mass is 444 g/mol. The van der Waals surface area contributed by atoms with Gasteiger partial charge in [-0.2, -0.15) is 10.4 Å². The Morgan fingerprint density at radius 2 is 2.09 bits per heavy atom. The van der Waals surface area contributed by atoms with Crippen LogP contribution in [0.4, 0.5) is 4.39 Å². The summed E-state index contributed by atoms with van der Waals surface area (Å²) < 4.78 is 18.3. The molecule has 1 aliphatic heterocycles. The maximum absolute atomic E-state index is 14.9. The second-order valence-electron chi connectivity index (χ2n) is 8.17. The topological polar surface area (TPSA) is 105 Å². The molecule has 3 heterocycles. The summed E-state index contributed by atoms with van der Waals surface area (Å²) in [4.78, 5) is 14.4. The summed E-state index contributed by atoms with van der Waals surface area (Å²) >= 11 is 0. The van der Waals surface area contributed by atoms with E-state index < -0.39 is 11.7 Å². The minimum absolute atomic E-state index is 0.0237. The quantitative estimate of drug-likeness (QED) is 0.474. The number of fused-ring (bicyclic) bond motifs is 1. The summed E-state index contributed by atoms with van der Waals surface area (Å²) in [5, 5.41) is 25.2. The third-order valence-electron chi connectivity index (χ3n) is 6.04. The maximum Gasteiger partial charge on any atom is 0.254 e. The SMILES string of the molecule is Cn1ncc2cc(-c3ccc(C(=O)N[C@@H]4C[C@@H](Cn5ccnn5)N(C#N)C4)c(F)c3)ccc21. The lowest BCUT2D eigenvalue weighted by Gasteiger charge is -2.16. The highest BCUT2D eigenvalue weighted by atomic mass is 19.1. The second kappa shape index (κ2) is 8.35. The van der Waals surface area contributed by atoms with Crippen molar-refractivity contribution in [2.45, 2.75) is 25.0 Å². The predicted molar refractivity (Wildman–Crippen MR) is 118 cm³/mol. The number of hydrogen-bond acceptors (Lipinski definition) is 6. The Bertz CT molecular complexity index is 1360. The summed E-state index contributed by atoms with van der Waals surface area (Å²) in [5.41, 5.74) is 2.49. The third kappa shape index (κ3) is 4.01. The fourth-order valence-corrected chi connectivity index (χ4v) is 4.35. The van der Waals surface area contributed by atoms with Gasteiger partial charge in [0.05, 0.1) is 36.1 Å². The van der Waals surface area contributed by atoms with E-state index >= 15 is 0 Å². The Hall–Kier alpha value is -4.26. The first-order valence-corrected chi connectivity index (χ1v) is 10.5. The molecule has 0 saturated carbocycles. The van der Waals surface area contributed by atoms with Crippen LogP contribution >= 0.6 is 0 Å². The van der Waals surface area contributed by atoms with Crippen LogP contribution in [-0.2, 0) is 13.6 Å². The zero-order chi connectivity index (χ0) is 22.9. The highest BCUT2D eigenvalue weighted by molar-refractivity contribution is 5.95. The lowest BCUT2D eigenvalue weighted by molar-refractivity contribution is 0.0934. The Morgan fingerprint density at radius 1 is 1.27 bits per heavy atom. The molecule has 1 aliphatic rings. The van der Waals surface area contributed by atoms with E-state index in [-0.39, 0.29) is 17.6 Å². The van der Waals surface area contributed by atoms with Gasteiger partial charge in [-0.1, -0.05) is 17.3 Å². The lowest BCUT2D eigenvalue weighted by Crippen LogP contribution is -2.36. The summed E-state index contributed by atoms with van der Waals surface area (Å²) in [7, 11) is 1.87. The molecule has 10 heteroatoms. The van der Waals surface area contributed by atoms with Crippen molar-refractivity contribution in [2.24, 2.45) is 7.05 Å². The Kier molecular flexibility index (Phi) is 5.22. The van der Waals surface area contributed by atoms with Gasteiger partial charge in [-0.15, -0.1) is 5.10 Å². The molecule has 1 N–H and O–H groups in total. The number of nitriles is 1. The highest BCUT2D eigenvalue weighted by Gasteiger charge is 2.33. The number of benzene rings is 2. The van der Waals surface area contributed by atoms with E-state index in [9.17, 15) is 14.4 Å². The number of likely N-dealkylation sites (tertiary alicyclic amines) is 1. The van der Waals surface area contributed by atoms with Gasteiger partial charge in [0, 0.05) is 31.2 Å². The fraction of sp³-hybridized carbons (Fsp3) is 0.261. The molecule has 5 rings (SSSR count). The first-order chi connectivity index (χ1) is 16.0. The molecule has 0 aliphatic carbocycles.